The zero-order chi connectivity index (χ0) is 15.2. The highest BCUT2D eigenvalue weighted by molar-refractivity contribution is 6.00. The second kappa shape index (κ2) is 6.42. The van der Waals surface area contributed by atoms with E-state index in [2.05, 4.69) is 15.7 Å². The summed E-state index contributed by atoms with van der Waals surface area (Å²) in [6.45, 7) is 1.93. The van der Waals surface area contributed by atoms with Gasteiger partial charge in [0.05, 0.1) is 11.3 Å². The molecule has 0 bridgehead atoms. The minimum absolute atomic E-state index is 0.0461. The molecule has 0 saturated heterocycles. The number of carbonyl (C=O) groups is 1. The zero-order valence-electron chi connectivity index (χ0n) is 11.3. The van der Waals surface area contributed by atoms with Crippen molar-refractivity contribution in [3.05, 3.63) is 70.1 Å². The Kier molecular flexibility index (Phi) is 4.40. The maximum absolute atomic E-state index is 11.1. The van der Waals surface area contributed by atoms with Crippen LogP contribution in [0.5, 0.6) is 0 Å². The van der Waals surface area contributed by atoms with E-state index in [1.807, 2.05) is 19.1 Å². The third kappa shape index (κ3) is 3.50. The number of hydrazone groups is 1. The number of nitrogens with one attached hydrogen (secondary N) is 1. The maximum atomic E-state index is 11.1. The Bertz CT molecular complexity index is 694. The molecule has 0 fully saturated rings. The minimum atomic E-state index is -1.08. The van der Waals surface area contributed by atoms with E-state index in [1.165, 1.54) is 6.07 Å². The first-order valence-electron chi connectivity index (χ1n) is 6.18. The summed E-state index contributed by atoms with van der Waals surface area (Å²) in [5.74, 6) is -1.13. The van der Waals surface area contributed by atoms with Gasteiger partial charge in [-0.1, -0.05) is 42.0 Å². The predicted molar refractivity (Wildman–Crippen MR) is 80.5 cm³/mol. The van der Waals surface area contributed by atoms with Crippen LogP contribution in [0.15, 0.2) is 58.8 Å². The van der Waals surface area contributed by atoms with Gasteiger partial charge in [0.25, 0.3) is 0 Å². The van der Waals surface area contributed by atoms with E-state index in [4.69, 9.17) is 5.11 Å². The van der Waals surface area contributed by atoms with Crippen molar-refractivity contribution >= 4 is 17.5 Å². The molecule has 2 aromatic rings. The van der Waals surface area contributed by atoms with Crippen LogP contribution in [0.4, 0.5) is 5.69 Å². The second-order valence-corrected chi connectivity index (χ2v) is 4.36. The summed E-state index contributed by atoms with van der Waals surface area (Å²) in [6, 6.07) is 13.4. The first kappa shape index (κ1) is 14.4. The lowest BCUT2D eigenvalue weighted by atomic mass is 10.1. The van der Waals surface area contributed by atoms with Crippen LogP contribution < -0.4 is 5.43 Å². The second-order valence-electron chi connectivity index (χ2n) is 4.36. The van der Waals surface area contributed by atoms with Gasteiger partial charge in [-0.05, 0) is 24.2 Å². The van der Waals surface area contributed by atoms with Crippen LogP contribution >= 0.6 is 0 Å². The Morgan fingerprint density at radius 1 is 1.10 bits per heavy atom. The van der Waals surface area contributed by atoms with E-state index in [1.54, 1.807) is 30.3 Å². The average Bonchev–Trinajstić information content (AvgIpc) is 2.50. The van der Waals surface area contributed by atoms with Crippen molar-refractivity contribution in [2.75, 3.05) is 5.43 Å². The molecule has 2 rings (SSSR count). The summed E-state index contributed by atoms with van der Waals surface area (Å²) in [5.41, 5.74) is 4.53. The fourth-order valence-corrected chi connectivity index (χ4v) is 1.72. The SMILES string of the molecule is Cc1ccc(/C(N=O)=N/Nc2ccccc2C(=O)O)cc1. The van der Waals surface area contributed by atoms with Gasteiger partial charge in [0.15, 0.2) is 0 Å². The third-order valence-corrected chi connectivity index (χ3v) is 2.84. The summed E-state index contributed by atoms with van der Waals surface area (Å²) in [7, 11) is 0. The van der Waals surface area contributed by atoms with Crippen molar-refractivity contribution in [3.8, 4) is 0 Å². The molecule has 2 aromatic carbocycles. The normalized spacial score (nSPS) is 11.0. The van der Waals surface area contributed by atoms with Crippen molar-refractivity contribution in [2.45, 2.75) is 6.92 Å². The van der Waals surface area contributed by atoms with E-state index in [0.717, 1.165) is 5.56 Å². The highest BCUT2D eigenvalue weighted by Gasteiger charge is 2.09. The number of aryl methyl sites for hydroxylation is 1. The van der Waals surface area contributed by atoms with Gasteiger partial charge in [-0.3, -0.25) is 5.43 Å². The van der Waals surface area contributed by atoms with E-state index < -0.39 is 5.97 Å². The van der Waals surface area contributed by atoms with Crippen LogP contribution in [0, 0.1) is 11.8 Å². The van der Waals surface area contributed by atoms with Crippen molar-refractivity contribution in [1.82, 2.24) is 0 Å². The third-order valence-electron chi connectivity index (χ3n) is 2.84. The highest BCUT2D eigenvalue weighted by Crippen LogP contribution is 2.15. The van der Waals surface area contributed by atoms with Gasteiger partial charge in [0.1, 0.15) is 0 Å². The molecule has 0 aromatic heterocycles. The molecule has 0 aliphatic carbocycles. The van der Waals surface area contributed by atoms with Crippen molar-refractivity contribution in [1.29, 1.82) is 0 Å². The van der Waals surface area contributed by atoms with Gasteiger partial charge in [0, 0.05) is 5.56 Å². The standard InChI is InChI=1S/C15H13N3O3/c1-10-6-8-11(9-7-10)14(18-21)17-16-13-5-3-2-4-12(13)15(19)20/h2-9,16H,1H3,(H,19,20)/b17-14-. The van der Waals surface area contributed by atoms with Crippen molar-refractivity contribution in [3.63, 3.8) is 0 Å². The van der Waals surface area contributed by atoms with Gasteiger partial charge in [0.2, 0.25) is 5.84 Å². The molecule has 0 spiro atoms. The molecular formula is C15H13N3O3. The Morgan fingerprint density at radius 3 is 2.38 bits per heavy atom. The summed E-state index contributed by atoms with van der Waals surface area (Å²) in [4.78, 5) is 22.0. The molecule has 21 heavy (non-hydrogen) atoms. The minimum Gasteiger partial charge on any atom is -0.478 e. The van der Waals surface area contributed by atoms with E-state index in [-0.39, 0.29) is 11.4 Å². The molecule has 0 radical (unpaired) electrons. The summed E-state index contributed by atoms with van der Waals surface area (Å²) in [5, 5.41) is 15.8. The lowest BCUT2D eigenvalue weighted by molar-refractivity contribution is 0.0698. The van der Waals surface area contributed by atoms with Gasteiger partial charge >= 0.3 is 5.97 Å². The topological polar surface area (TPSA) is 91.1 Å². The lowest BCUT2D eigenvalue weighted by Crippen LogP contribution is -2.05. The van der Waals surface area contributed by atoms with Crippen LogP contribution in [0.2, 0.25) is 0 Å². The maximum Gasteiger partial charge on any atom is 0.337 e. The van der Waals surface area contributed by atoms with Crippen LogP contribution in [-0.4, -0.2) is 16.9 Å². The van der Waals surface area contributed by atoms with E-state index in [9.17, 15) is 9.70 Å². The van der Waals surface area contributed by atoms with Crippen LogP contribution in [0.3, 0.4) is 0 Å². The Labute approximate surface area is 121 Å². The molecule has 2 N–H and O–H groups in total. The Balaban J connectivity index is 2.28. The van der Waals surface area contributed by atoms with Crippen LogP contribution in [0.1, 0.15) is 21.5 Å². The van der Waals surface area contributed by atoms with E-state index in [0.29, 0.717) is 11.3 Å². The molecule has 0 unspecified atom stereocenters. The number of para-hydroxylation sites is 1. The number of carboxylic acids is 1. The number of rotatable bonds is 4. The molecule has 0 heterocycles. The van der Waals surface area contributed by atoms with Crippen LogP contribution in [-0.2, 0) is 0 Å². The van der Waals surface area contributed by atoms with Crippen molar-refractivity contribution in [2.24, 2.45) is 10.3 Å². The molecule has 106 valence electrons. The highest BCUT2D eigenvalue weighted by atomic mass is 16.4. The monoisotopic (exact) mass is 283 g/mol. The largest absolute Gasteiger partial charge is 0.478 e. The van der Waals surface area contributed by atoms with E-state index >= 15 is 0 Å². The molecule has 0 saturated carbocycles. The Morgan fingerprint density at radius 2 is 1.76 bits per heavy atom. The number of amidine groups is 1. The molecule has 6 nitrogen and oxygen atoms in total. The summed E-state index contributed by atoms with van der Waals surface area (Å²) in [6.07, 6.45) is 0. The molecule has 0 amide bonds. The van der Waals surface area contributed by atoms with Gasteiger partial charge in [-0.2, -0.15) is 5.10 Å². The lowest BCUT2D eigenvalue weighted by Gasteiger charge is -2.05. The van der Waals surface area contributed by atoms with Gasteiger partial charge in [-0.15, -0.1) is 4.91 Å². The van der Waals surface area contributed by atoms with Gasteiger partial charge in [-0.25, -0.2) is 4.79 Å². The first-order valence-corrected chi connectivity index (χ1v) is 6.18. The quantitative estimate of drug-likeness (QED) is 0.390. The number of anilines is 1. The first-order chi connectivity index (χ1) is 10.1. The van der Waals surface area contributed by atoms with Crippen molar-refractivity contribution < 1.29 is 9.90 Å². The number of aromatic carboxylic acids is 1. The summed E-state index contributed by atoms with van der Waals surface area (Å²) < 4.78 is 0. The molecular weight excluding hydrogens is 270 g/mol. The number of benzene rings is 2. The Hall–Kier alpha value is -3.02. The fourth-order valence-electron chi connectivity index (χ4n) is 1.72. The molecule has 0 aliphatic heterocycles. The molecule has 0 atom stereocenters. The average molecular weight is 283 g/mol. The number of nitrogens with zero attached hydrogens (tertiary/aromatic N) is 2. The number of hydrogen-bond donors (Lipinski definition) is 2. The fraction of sp³-hybridized carbons (Fsp3) is 0.0667. The predicted octanol–water partition coefficient (Wildman–Crippen LogP) is 3.23. The zero-order valence-corrected chi connectivity index (χ0v) is 11.3. The van der Waals surface area contributed by atoms with Crippen LogP contribution in [0.25, 0.3) is 0 Å². The van der Waals surface area contributed by atoms with Gasteiger partial charge < -0.3 is 5.11 Å². The molecule has 6 heteroatoms. The number of carboxylic acid groups (broad SMARTS) is 1. The number of nitroso groups, excluding NO2 is 1. The smallest absolute Gasteiger partial charge is 0.337 e. The number of hydrogen-bond acceptors (Lipinski definition) is 4. The summed E-state index contributed by atoms with van der Waals surface area (Å²) >= 11 is 0. The molecule has 0 aliphatic rings.